The fourth-order valence-corrected chi connectivity index (χ4v) is 3.63. The molecule has 0 saturated heterocycles. The first-order chi connectivity index (χ1) is 15.6. The maximum atomic E-state index is 13.1. The quantitative estimate of drug-likeness (QED) is 0.406. The minimum Gasteiger partial charge on any atom is -0.365 e. The van der Waals surface area contributed by atoms with Gasteiger partial charge in [-0.15, -0.1) is 5.10 Å². The van der Waals surface area contributed by atoms with E-state index in [-0.39, 0.29) is 22.7 Å². The van der Waals surface area contributed by atoms with E-state index in [1.807, 2.05) is 0 Å². The lowest BCUT2D eigenvalue weighted by atomic mass is 9.99. The van der Waals surface area contributed by atoms with Gasteiger partial charge < -0.3 is 11.5 Å². The normalized spacial score (nSPS) is 11.5. The number of carbonyl (C=O) groups is 2. The second kappa shape index (κ2) is 8.10. The largest absolute Gasteiger partial charge is 0.416 e. The molecular formula is C21H14ClF3N6O2. The van der Waals surface area contributed by atoms with Crippen molar-refractivity contribution in [3.05, 3.63) is 70.9 Å². The number of rotatable bonds is 4. The molecule has 0 fully saturated rings. The van der Waals surface area contributed by atoms with Crippen LogP contribution in [0, 0.1) is 0 Å². The molecule has 5 N–H and O–H groups in total. The smallest absolute Gasteiger partial charge is 0.365 e. The van der Waals surface area contributed by atoms with Gasteiger partial charge >= 0.3 is 12.2 Å². The van der Waals surface area contributed by atoms with Crippen LogP contribution in [0.5, 0.6) is 0 Å². The third-order valence-electron chi connectivity index (χ3n) is 4.78. The molecule has 0 aliphatic heterocycles. The fourth-order valence-electron chi connectivity index (χ4n) is 3.39. The van der Waals surface area contributed by atoms with Gasteiger partial charge in [0.15, 0.2) is 11.5 Å². The topological polar surface area (TPSA) is 128 Å². The molecule has 2 heterocycles. The van der Waals surface area contributed by atoms with Gasteiger partial charge in [-0.3, -0.25) is 10.1 Å². The van der Waals surface area contributed by atoms with Crippen molar-refractivity contribution in [3.8, 4) is 22.4 Å². The van der Waals surface area contributed by atoms with Crippen LogP contribution < -0.4 is 16.8 Å². The zero-order chi connectivity index (χ0) is 23.9. The first-order valence-corrected chi connectivity index (χ1v) is 9.66. The molecule has 0 aliphatic rings. The van der Waals surface area contributed by atoms with Crippen LogP contribution >= 0.6 is 11.6 Å². The Hall–Kier alpha value is -4.12. The number of fused-ring (bicyclic) bond motifs is 1. The monoisotopic (exact) mass is 474 g/mol. The highest BCUT2D eigenvalue weighted by Crippen LogP contribution is 2.38. The Morgan fingerprint density at radius 2 is 1.67 bits per heavy atom. The van der Waals surface area contributed by atoms with Gasteiger partial charge in [-0.1, -0.05) is 41.9 Å². The SMILES string of the molecule is NC(=O)Nc1nn2c(-c3ccc(C(F)(F)F)cc3)c(-c3ccccc3Cl)cnc2c1C(N)=O. The predicted octanol–water partition coefficient (Wildman–Crippen LogP) is 4.33. The van der Waals surface area contributed by atoms with Gasteiger partial charge in [-0.05, 0) is 18.2 Å². The van der Waals surface area contributed by atoms with Gasteiger partial charge in [-0.25, -0.2) is 14.3 Å². The van der Waals surface area contributed by atoms with Crippen LogP contribution in [0.4, 0.5) is 23.8 Å². The summed E-state index contributed by atoms with van der Waals surface area (Å²) >= 11 is 6.36. The van der Waals surface area contributed by atoms with Gasteiger partial charge in [-0.2, -0.15) is 13.2 Å². The summed E-state index contributed by atoms with van der Waals surface area (Å²) in [6.07, 6.45) is -3.13. The lowest BCUT2D eigenvalue weighted by molar-refractivity contribution is -0.137. The van der Waals surface area contributed by atoms with E-state index in [4.69, 9.17) is 23.1 Å². The Morgan fingerprint density at radius 1 is 1.00 bits per heavy atom. The van der Waals surface area contributed by atoms with Gasteiger partial charge in [0.05, 0.1) is 11.3 Å². The molecule has 0 spiro atoms. The highest BCUT2D eigenvalue weighted by atomic mass is 35.5. The predicted molar refractivity (Wildman–Crippen MR) is 116 cm³/mol. The molecule has 4 aromatic rings. The van der Waals surface area contributed by atoms with Crippen molar-refractivity contribution in [3.63, 3.8) is 0 Å². The number of amides is 3. The lowest BCUT2D eigenvalue weighted by Crippen LogP contribution is -2.22. The highest BCUT2D eigenvalue weighted by molar-refractivity contribution is 6.33. The van der Waals surface area contributed by atoms with E-state index < -0.39 is 23.7 Å². The van der Waals surface area contributed by atoms with Crippen LogP contribution in [0.25, 0.3) is 28.0 Å². The highest BCUT2D eigenvalue weighted by Gasteiger charge is 2.30. The number of nitrogens with one attached hydrogen (secondary N) is 1. The standard InChI is InChI=1S/C21H14ClF3N6O2/c22-14-4-2-1-3-12(14)13-9-28-19-15(17(26)32)18(29-20(27)33)30-31(19)16(13)10-5-7-11(8-6-10)21(23,24)25/h1-9H,(H2,26,32)(H3,27,29,30,33). The summed E-state index contributed by atoms with van der Waals surface area (Å²) < 4.78 is 40.5. The number of urea groups is 1. The van der Waals surface area contributed by atoms with Gasteiger partial charge in [0.25, 0.3) is 5.91 Å². The molecule has 168 valence electrons. The lowest BCUT2D eigenvalue weighted by Gasteiger charge is -2.14. The zero-order valence-corrected chi connectivity index (χ0v) is 17.3. The van der Waals surface area contributed by atoms with Crippen LogP contribution in [0.15, 0.2) is 54.7 Å². The van der Waals surface area contributed by atoms with E-state index in [0.29, 0.717) is 21.7 Å². The summed E-state index contributed by atoms with van der Waals surface area (Å²) in [5.41, 5.74) is 11.1. The third-order valence-corrected chi connectivity index (χ3v) is 5.11. The maximum absolute atomic E-state index is 13.1. The zero-order valence-electron chi connectivity index (χ0n) is 16.5. The molecular weight excluding hydrogens is 461 g/mol. The number of benzene rings is 2. The van der Waals surface area contributed by atoms with Crippen molar-refractivity contribution in [1.82, 2.24) is 14.6 Å². The number of halogens is 4. The number of hydrogen-bond acceptors (Lipinski definition) is 4. The van der Waals surface area contributed by atoms with Crippen molar-refractivity contribution >= 4 is 35.0 Å². The molecule has 3 amide bonds. The van der Waals surface area contributed by atoms with Crippen LogP contribution in [0.2, 0.25) is 5.02 Å². The average molecular weight is 475 g/mol. The number of carbonyl (C=O) groups excluding carboxylic acids is 2. The van der Waals surface area contributed by atoms with Crippen molar-refractivity contribution in [1.29, 1.82) is 0 Å². The van der Waals surface area contributed by atoms with E-state index in [9.17, 15) is 22.8 Å². The summed E-state index contributed by atoms with van der Waals surface area (Å²) in [7, 11) is 0. The van der Waals surface area contributed by atoms with E-state index >= 15 is 0 Å². The molecule has 0 radical (unpaired) electrons. The summed E-state index contributed by atoms with van der Waals surface area (Å²) in [5.74, 6) is -1.18. The molecule has 0 atom stereocenters. The van der Waals surface area contributed by atoms with E-state index in [0.717, 1.165) is 12.1 Å². The summed E-state index contributed by atoms with van der Waals surface area (Å²) in [4.78, 5) is 27.7. The molecule has 2 aromatic heterocycles. The Bertz CT molecular complexity index is 1400. The summed E-state index contributed by atoms with van der Waals surface area (Å²) in [6.45, 7) is 0. The number of nitrogens with zero attached hydrogens (tertiary/aromatic N) is 3. The van der Waals surface area contributed by atoms with E-state index in [2.05, 4.69) is 15.4 Å². The third kappa shape index (κ3) is 4.05. The second-order valence-electron chi connectivity index (χ2n) is 6.89. The van der Waals surface area contributed by atoms with Crippen LogP contribution in [0.3, 0.4) is 0 Å². The molecule has 33 heavy (non-hydrogen) atoms. The molecule has 0 unspecified atom stereocenters. The Morgan fingerprint density at radius 3 is 2.24 bits per heavy atom. The van der Waals surface area contributed by atoms with Gasteiger partial charge in [0.2, 0.25) is 0 Å². The number of aromatic nitrogens is 3. The molecule has 0 aliphatic carbocycles. The molecule has 0 saturated carbocycles. The van der Waals surface area contributed by atoms with Gasteiger partial charge in [0, 0.05) is 27.9 Å². The van der Waals surface area contributed by atoms with Crippen molar-refractivity contribution < 1.29 is 22.8 Å². The number of hydrogen-bond donors (Lipinski definition) is 3. The summed E-state index contributed by atoms with van der Waals surface area (Å²) in [5, 5.41) is 6.78. The number of nitrogens with two attached hydrogens (primary N) is 2. The minimum absolute atomic E-state index is 0.0306. The number of anilines is 1. The fraction of sp³-hybridized carbons (Fsp3) is 0.0476. The Balaban J connectivity index is 2.07. The molecule has 2 aromatic carbocycles. The van der Waals surface area contributed by atoms with Crippen molar-refractivity contribution in [2.75, 3.05) is 5.32 Å². The molecule has 0 bridgehead atoms. The van der Waals surface area contributed by atoms with Crippen LogP contribution in [-0.2, 0) is 6.18 Å². The Labute approximate surface area is 189 Å². The molecule has 12 heteroatoms. The molecule has 4 rings (SSSR count). The first kappa shape index (κ1) is 22.1. The van der Waals surface area contributed by atoms with E-state index in [1.54, 1.807) is 24.3 Å². The number of alkyl halides is 3. The maximum Gasteiger partial charge on any atom is 0.416 e. The number of primary amides is 2. The summed E-state index contributed by atoms with van der Waals surface area (Å²) in [6, 6.07) is 10.1. The average Bonchev–Trinajstić information content (AvgIpc) is 3.10. The first-order valence-electron chi connectivity index (χ1n) is 9.28. The van der Waals surface area contributed by atoms with Crippen molar-refractivity contribution in [2.45, 2.75) is 6.18 Å². The van der Waals surface area contributed by atoms with Crippen LogP contribution in [0.1, 0.15) is 15.9 Å². The minimum atomic E-state index is -4.53. The van der Waals surface area contributed by atoms with Crippen molar-refractivity contribution in [2.24, 2.45) is 11.5 Å². The molecule has 8 nitrogen and oxygen atoms in total. The second-order valence-corrected chi connectivity index (χ2v) is 7.30. The van der Waals surface area contributed by atoms with E-state index in [1.165, 1.54) is 22.8 Å². The van der Waals surface area contributed by atoms with Gasteiger partial charge in [0.1, 0.15) is 5.56 Å². The Kier molecular flexibility index (Phi) is 5.42. The van der Waals surface area contributed by atoms with Crippen LogP contribution in [-0.4, -0.2) is 26.5 Å².